The molecule has 0 atom stereocenters. The second-order valence-corrected chi connectivity index (χ2v) is 7.69. The van der Waals surface area contributed by atoms with Crippen LogP contribution in [0.5, 0.6) is 0 Å². The summed E-state index contributed by atoms with van der Waals surface area (Å²) >= 11 is 1.30. The van der Waals surface area contributed by atoms with Crippen LogP contribution in [0.3, 0.4) is 0 Å². The third kappa shape index (κ3) is 4.22. The van der Waals surface area contributed by atoms with Gasteiger partial charge in [0.2, 0.25) is 11.0 Å². The van der Waals surface area contributed by atoms with E-state index in [1.807, 2.05) is 18.2 Å². The molecule has 0 bridgehead atoms. The van der Waals surface area contributed by atoms with Crippen LogP contribution in [0.1, 0.15) is 37.7 Å². The highest BCUT2D eigenvalue weighted by atomic mass is 32.1. The molecule has 0 radical (unpaired) electrons. The number of rotatable bonds is 7. The molecular formula is C21H18N4O3S. The Kier molecular flexibility index (Phi) is 5.44. The average molecular weight is 406 g/mol. The van der Waals surface area contributed by atoms with E-state index in [4.69, 9.17) is 0 Å². The number of fused-ring (bicyclic) bond motifs is 1. The van der Waals surface area contributed by atoms with E-state index in [9.17, 15) is 14.4 Å². The molecule has 146 valence electrons. The number of carbonyl (C=O) groups is 3. The van der Waals surface area contributed by atoms with Crippen molar-refractivity contribution in [3.63, 3.8) is 0 Å². The van der Waals surface area contributed by atoms with Gasteiger partial charge in [0, 0.05) is 6.42 Å². The molecule has 2 aromatic carbocycles. The SMILES string of the molecule is O=C(CN1C(=O)c2ccccc2C1=O)Nc1nnc(CCCc2ccccc2)s1. The van der Waals surface area contributed by atoms with Crippen molar-refractivity contribution in [3.8, 4) is 0 Å². The van der Waals surface area contributed by atoms with E-state index >= 15 is 0 Å². The molecule has 0 unspecified atom stereocenters. The standard InChI is InChI=1S/C21H18N4O3S/c26-17(13-25-19(27)15-10-4-5-11-16(15)20(25)28)22-21-24-23-18(29-21)12-6-9-14-7-2-1-3-8-14/h1-5,7-8,10-11H,6,9,12-13H2,(H,22,24,26). The number of carbonyl (C=O) groups excluding carboxylic acids is 3. The summed E-state index contributed by atoms with van der Waals surface area (Å²) in [6, 6.07) is 16.7. The molecule has 1 aromatic heterocycles. The number of anilines is 1. The van der Waals surface area contributed by atoms with Gasteiger partial charge in [-0.15, -0.1) is 10.2 Å². The van der Waals surface area contributed by atoms with Gasteiger partial charge in [-0.05, 0) is 30.5 Å². The van der Waals surface area contributed by atoms with Crippen LogP contribution in [-0.4, -0.2) is 39.4 Å². The van der Waals surface area contributed by atoms with Gasteiger partial charge < -0.3 is 0 Å². The van der Waals surface area contributed by atoms with E-state index in [1.165, 1.54) is 16.9 Å². The van der Waals surface area contributed by atoms with Crippen LogP contribution < -0.4 is 5.32 Å². The van der Waals surface area contributed by atoms with Crippen LogP contribution >= 0.6 is 11.3 Å². The summed E-state index contributed by atoms with van der Waals surface area (Å²) in [4.78, 5) is 37.9. The Labute approximate surface area is 171 Å². The second-order valence-electron chi connectivity index (χ2n) is 6.63. The van der Waals surface area contributed by atoms with Crippen molar-refractivity contribution in [1.29, 1.82) is 0 Å². The molecule has 29 heavy (non-hydrogen) atoms. The lowest BCUT2D eigenvalue weighted by Crippen LogP contribution is -2.37. The summed E-state index contributed by atoms with van der Waals surface area (Å²) in [6.07, 6.45) is 2.64. The quantitative estimate of drug-likeness (QED) is 0.609. The van der Waals surface area contributed by atoms with Crippen LogP contribution in [0.4, 0.5) is 5.13 Å². The minimum Gasteiger partial charge on any atom is -0.299 e. The second kappa shape index (κ2) is 8.32. The van der Waals surface area contributed by atoms with E-state index < -0.39 is 17.7 Å². The van der Waals surface area contributed by atoms with Crippen LogP contribution in [0.25, 0.3) is 0 Å². The topological polar surface area (TPSA) is 92.3 Å². The fraction of sp³-hybridized carbons (Fsp3) is 0.190. The molecule has 0 saturated carbocycles. The zero-order valence-electron chi connectivity index (χ0n) is 15.5. The van der Waals surface area contributed by atoms with E-state index in [0.717, 1.165) is 29.2 Å². The zero-order valence-corrected chi connectivity index (χ0v) is 16.3. The number of aryl methyl sites for hydroxylation is 2. The Balaban J connectivity index is 1.29. The van der Waals surface area contributed by atoms with E-state index in [-0.39, 0.29) is 6.54 Å². The number of nitrogens with one attached hydrogen (secondary N) is 1. The molecule has 2 heterocycles. The Hall–Kier alpha value is -3.39. The maximum atomic E-state index is 12.3. The molecule has 0 saturated heterocycles. The first kappa shape index (κ1) is 18.9. The van der Waals surface area contributed by atoms with Crippen LogP contribution in [0, 0.1) is 0 Å². The van der Waals surface area contributed by atoms with E-state index in [0.29, 0.717) is 16.3 Å². The van der Waals surface area contributed by atoms with Gasteiger partial charge in [0.25, 0.3) is 11.8 Å². The highest BCUT2D eigenvalue weighted by molar-refractivity contribution is 7.15. The van der Waals surface area contributed by atoms with E-state index in [1.54, 1.807) is 24.3 Å². The molecule has 7 nitrogen and oxygen atoms in total. The summed E-state index contributed by atoms with van der Waals surface area (Å²) in [5.41, 5.74) is 1.91. The highest BCUT2D eigenvalue weighted by Gasteiger charge is 2.36. The van der Waals surface area contributed by atoms with Crippen LogP contribution in [0.2, 0.25) is 0 Å². The van der Waals surface area contributed by atoms with Crippen molar-refractivity contribution in [1.82, 2.24) is 15.1 Å². The number of benzene rings is 2. The van der Waals surface area contributed by atoms with Gasteiger partial charge in [0.15, 0.2) is 0 Å². The monoisotopic (exact) mass is 406 g/mol. The molecule has 1 aliphatic heterocycles. The molecule has 3 aromatic rings. The van der Waals surface area contributed by atoms with Gasteiger partial charge in [0.1, 0.15) is 11.6 Å². The molecule has 0 fully saturated rings. The maximum Gasteiger partial charge on any atom is 0.262 e. The van der Waals surface area contributed by atoms with Crippen LogP contribution in [-0.2, 0) is 17.6 Å². The zero-order chi connectivity index (χ0) is 20.2. The molecule has 0 spiro atoms. The maximum absolute atomic E-state index is 12.3. The summed E-state index contributed by atoms with van der Waals surface area (Å²) in [6.45, 7) is -0.352. The fourth-order valence-electron chi connectivity index (χ4n) is 3.18. The number of aromatic nitrogens is 2. The number of imide groups is 1. The third-order valence-electron chi connectivity index (χ3n) is 4.59. The van der Waals surface area contributed by atoms with Gasteiger partial charge in [-0.25, -0.2) is 0 Å². The molecular weight excluding hydrogens is 388 g/mol. The smallest absolute Gasteiger partial charge is 0.262 e. The summed E-state index contributed by atoms with van der Waals surface area (Å²) in [7, 11) is 0. The van der Waals surface area contributed by atoms with E-state index in [2.05, 4.69) is 27.6 Å². The number of hydrogen-bond donors (Lipinski definition) is 1. The van der Waals surface area contributed by atoms with Crippen molar-refractivity contribution in [2.45, 2.75) is 19.3 Å². The largest absolute Gasteiger partial charge is 0.299 e. The van der Waals surface area contributed by atoms with Gasteiger partial charge in [-0.2, -0.15) is 0 Å². The molecule has 0 aliphatic carbocycles. The first-order chi connectivity index (χ1) is 14.1. The highest BCUT2D eigenvalue weighted by Crippen LogP contribution is 2.23. The lowest BCUT2D eigenvalue weighted by molar-refractivity contribution is -0.116. The van der Waals surface area contributed by atoms with Gasteiger partial charge >= 0.3 is 0 Å². The molecule has 1 N–H and O–H groups in total. The average Bonchev–Trinajstić information content (AvgIpc) is 3.27. The predicted octanol–water partition coefficient (Wildman–Crippen LogP) is 2.95. The Morgan fingerprint density at radius 3 is 2.24 bits per heavy atom. The molecule has 4 rings (SSSR count). The van der Waals surface area contributed by atoms with Crippen LogP contribution in [0.15, 0.2) is 54.6 Å². The number of hydrogen-bond acceptors (Lipinski definition) is 6. The van der Waals surface area contributed by atoms with Crippen molar-refractivity contribution < 1.29 is 14.4 Å². The van der Waals surface area contributed by atoms with Crippen molar-refractivity contribution >= 4 is 34.2 Å². The third-order valence-corrected chi connectivity index (χ3v) is 5.49. The molecule has 3 amide bonds. The minimum atomic E-state index is -0.480. The fourth-order valence-corrected chi connectivity index (χ4v) is 3.98. The van der Waals surface area contributed by atoms with Crippen molar-refractivity contribution in [3.05, 3.63) is 76.3 Å². The summed E-state index contributed by atoms with van der Waals surface area (Å²) < 4.78 is 0. The summed E-state index contributed by atoms with van der Waals surface area (Å²) in [5, 5.41) is 11.9. The lowest BCUT2D eigenvalue weighted by Gasteiger charge is -2.12. The van der Waals surface area contributed by atoms with Gasteiger partial charge in [-0.1, -0.05) is 53.8 Å². The first-order valence-electron chi connectivity index (χ1n) is 9.23. The Bertz CT molecular complexity index is 1030. The van der Waals surface area contributed by atoms with Crippen molar-refractivity contribution in [2.24, 2.45) is 0 Å². The Morgan fingerprint density at radius 2 is 1.55 bits per heavy atom. The molecule has 8 heteroatoms. The van der Waals surface area contributed by atoms with Crippen molar-refractivity contribution in [2.75, 3.05) is 11.9 Å². The lowest BCUT2D eigenvalue weighted by atomic mass is 10.1. The minimum absolute atomic E-state index is 0.321. The first-order valence-corrected chi connectivity index (χ1v) is 10.0. The number of nitrogens with zero attached hydrogens (tertiary/aromatic N) is 3. The van der Waals surface area contributed by atoms with Gasteiger partial charge in [-0.3, -0.25) is 24.6 Å². The summed E-state index contributed by atoms with van der Waals surface area (Å²) in [5.74, 6) is -1.40. The normalized spacial score (nSPS) is 12.9. The Morgan fingerprint density at radius 1 is 0.897 bits per heavy atom. The number of amides is 3. The molecule has 1 aliphatic rings. The van der Waals surface area contributed by atoms with Gasteiger partial charge in [0.05, 0.1) is 11.1 Å². The predicted molar refractivity (Wildman–Crippen MR) is 109 cm³/mol.